The van der Waals surface area contributed by atoms with Crippen molar-refractivity contribution >= 4 is 5.97 Å². The van der Waals surface area contributed by atoms with Crippen molar-refractivity contribution in [3.8, 4) is 0 Å². The molecule has 1 aromatic heterocycles. The highest BCUT2D eigenvalue weighted by atomic mass is 16.5. The Morgan fingerprint density at radius 3 is 2.81 bits per heavy atom. The smallest absolute Gasteiger partial charge is 0.309 e. The van der Waals surface area contributed by atoms with Crippen molar-refractivity contribution in [2.75, 3.05) is 13.1 Å². The maximum Gasteiger partial charge on any atom is 0.309 e. The second kappa shape index (κ2) is 4.21. The molecule has 0 atom stereocenters. The molecule has 0 radical (unpaired) electrons. The lowest BCUT2D eigenvalue weighted by Crippen LogP contribution is -2.42. The van der Waals surface area contributed by atoms with Gasteiger partial charge in [-0.3, -0.25) is 9.69 Å². The van der Waals surface area contributed by atoms with Crippen LogP contribution in [0, 0.1) is 5.41 Å². The molecule has 88 valence electrons. The van der Waals surface area contributed by atoms with Crippen LogP contribution in [0.1, 0.15) is 25.6 Å². The molecule has 2 rings (SSSR count). The second-order valence-electron chi connectivity index (χ2n) is 4.49. The molecular weight excluding hydrogens is 210 g/mol. The Bertz CT molecular complexity index is 355. The lowest BCUT2D eigenvalue weighted by molar-refractivity contribution is -0.150. The van der Waals surface area contributed by atoms with Crippen molar-refractivity contribution in [2.24, 2.45) is 5.41 Å². The molecule has 2 heterocycles. The fourth-order valence-corrected chi connectivity index (χ4v) is 1.88. The van der Waals surface area contributed by atoms with Crippen LogP contribution in [-0.4, -0.2) is 39.2 Å². The van der Waals surface area contributed by atoms with Crippen LogP contribution in [0.4, 0.5) is 0 Å². The van der Waals surface area contributed by atoms with Crippen LogP contribution < -0.4 is 0 Å². The summed E-state index contributed by atoms with van der Waals surface area (Å²) in [6.45, 7) is 3.96. The van der Waals surface area contributed by atoms with Gasteiger partial charge < -0.3 is 9.63 Å². The molecule has 0 saturated carbocycles. The number of carbonyl (C=O) groups is 1. The van der Waals surface area contributed by atoms with Gasteiger partial charge in [0, 0.05) is 0 Å². The van der Waals surface area contributed by atoms with Crippen molar-refractivity contribution in [2.45, 2.75) is 26.3 Å². The fraction of sp³-hybridized carbons (Fsp3) is 0.700. The quantitative estimate of drug-likeness (QED) is 0.818. The van der Waals surface area contributed by atoms with Gasteiger partial charge in [0.05, 0.1) is 12.0 Å². The summed E-state index contributed by atoms with van der Waals surface area (Å²) in [4.78, 5) is 17.1. The van der Waals surface area contributed by atoms with E-state index in [1.165, 1.54) is 6.39 Å². The first kappa shape index (κ1) is 11.1. The van der Waals surface area contributed by atoms with Gasteiger partial charge in [0.25, 0.3) is 0 Å². The average Bonchev–Trinajstić information content (AvgIpc) is 2.74. The Labute approximate surface area is 93.2 Å². The standard InChI is InChI=1S/C10H15N3O3/c1-10(9(14)15)2-4-13(5-3-10)6-8-11-7-16-12-8/h7H,2-6H2,1H3,(H,14,15). The number of aliphatic carboxylic acids is 1. The molecule has 1 N–H and O–H groups in total. The Hall–Kier alpha value is -1.43. The van der Waals surface area contributed by atoms with E-state index in [4.69, 9.17) is 5.11 Å². The van der Waals surface area contributed by atoms with Gasteiger partial charge in [-0.1, -0.05) is 5.16 Å². The lowest BCUT2D eigenvalue weighted by Gasteiger charge is -2.35. The van der Waals surface area contributed by atoms with Crippen LogP contribution in [0.25, 0.3) is 0 Å². The molecule has 1 aromatic rings. The molecule has 0 aliphatic carbocycles. The number of hydrogen-bond donors (Lipinski definition) is 1. The molecule has 1 aliphatic rings. The van der Waals surface area contributed by atoms with Crippen LogP contribution in [0.5, 0.6) is 0 Å². The van der Waals surface area contributed by atoms with E-state index in [0.717, 1.165) is 13.1 Å². The number of aromatic nitrogens is 2. The zero-order valence-corrected chi connectivity index (χ0v) is 9.22. The second-order valence-corrected chi connectivity index (χ2v) is 4.49. The van der Waals surface area contributed by atoms with Crippen LogP contribution >= 0.6 is 0 Å². The summed E-state index contributed by atoms with van der Waals surface area (Å²) in [7, 11) is 0. The van der Waals surface area contributed by atoms with E-state index in [1.54, 1.807) is 6.92 Å². The Morgan fingerprint density at radius 2 is 2.31 bits per heavy atom. The largest absolute Gasteiger partial charge is 0.481 e. The van der Waals surface area contributed by atoms with Gasteiger partial charge in [-0.2, -0.15) is 4.98 Å². The third-order valence-electron chi connectivity index (χ3n) is 3.25. The van der Waals surface area contributed by atoms with E-state index in [2.05, 4.69) is 19.6 Å². The minimum Gasteiger partial charge on any atom is -0.481 e. The normalized spacial score (nSPS) is 20.8. The molecule has 1 saturated heterocycles. The fourth-order valence-electron chi connectivity index (χ4n) is 1.88. The van der Waals surface area contributed by atoms with Crippen LogP contribution in [0.2, 0.25) is 0 Å². The number of nitrogens with zero attached hydrogens (tertiary/aromatic N) is 3. The number of carboxylic acids is 1. The van der Waals surface area contributed by atoms with Crippen LogP contribution in [0.3, 0.4) is 0 Å². The van der Waals surface area contributed by atoms with Gasteiger partial charge in [0.2, 0.25) is 6.39 Å². The minimum absolute atomic E-state index is 0.576. The molecule has 1 aliphatic heterocycles. The van der Waals surface area contributed by atoms with Crippen LogP contribution in [0.15, 0.2) is 10.9 Å². The summed E-state index contributed by atoms with van der Waals surface area (Å²) in [6, 6.07) is 0. The van der Waals surface area contributed by atoms with Gasteiger partial charge in [0.1, 0.15) is 0 Å². The number of piperidine rings is 1. The molecule has 0 unspecified atom stereocenters. The van der Waals surface area contributed by atoms with E-state index in [-0.39, 0.29) is 0 Å². The third kappa shape index (κ3) is 2.21. The maximum absolute atomic E-state index is 11.0. The molecule has 6 nitrogen and oxygen atoms in total. The first-order chi connectivity index (χ1) is 7.60. The van der Waals surface area contributed by atoms with Crippen LogP contribution in [-0.2, 0) is 11.3 Å². The van der Waals surface area contributed by atoms with Gasteiger partial charge in [-0.05, 0) is 32.9 Å². The van der Waals surface area contributed by atoms with Gasteiger partial charge in [-0.25, -0.2) is 0 Å². The Morgan fingerprint density at radius 1 is 1.62 bits per heavy atom. The maximum atomic E-state index is 11.0. The SMILES string of the molecule is CC1(C(=O)O)CCN(Cc2ncon2)CC1. The van der Waals surface area contributed by atoms with Crippen molar-refractivity contribution in [3.63, 3.8) is 0 Å². The van der Waals surface area contributed by atoms with E-state index in [9.17, 15) is 4.79 Å². The molecule has 0 bridgehead atoms. The third-order valence-corrected chi connectivity index (χ3v) is 3.25. The van der Waals surface area contributed by atoms with Crippen molar-refractivity contribution < 1.29 is 14.4 Å². The van der Waals surface area contributed by atoms with Crippen molar-refractivity contribution in [1.29, 1.82) is 0 Å². The summed E-state index contributed by atoms with van der Waals surface area (Å²) in [5, 5.41) is 12.8. The monoisotopic (exact) mass is 225 g/mol. The number of carboxylic acid groups (broad SMARTS) is 1. The molecule has 6 heteroatoms. The Kier molecular flexibility index (Phi) is 2.91. The average molecular weight is 225 g/mol. The number of rotatable bonds is 3. The summed E-state index contributed by atoms with van der Waals surface area (Å²) < 4.78 is 4.65. The summed E-state index contributed by atoms with van der Waals surface area (Å²) in [6.07, 6.45) is 2.64. The zero-order valence-electron chi connectivity index (χ0n) is 9.22. The van der Waals surface area contributed by atoms with Gasteiger partial charge in [0.15, 0.2) is 5.82 Å². The Balaban J connectivity index is 1.88. The summed E-state index contributed by atoms with van der Waals surface area (Å²) in [5.41, 5.74) is -0.576. The predicted molar refractivity (Wildman–Crippen MR) is 54.6 cm³/mol. The van der Waals surface area contributed by atoms with E-state index < -0.39 is 11.4 Å². The lowest BCUT2D eigenvalue weighted by atomic mass is 9.80. The first-order valence-corrected chi connectivity index (χ1v) is 5.31. The van der Waals surface area contributed by atoms with Gasteiger partial charge in [-0.15, -0.1) is 0 Å². The summed E-state index contributed by atoms with van der Waals surface area (Å²) >= 11 is 0. The molecule has 0 spiro atoms. The van der Waals surface area contributed by atoms with E-state index in [0.29, 0.717) is 25.2 Å². The summed E-state index contributed by atoms with van der Waals surface area (Å²) in [5.74, 6) is -0.0503. The van der Waals surface area contributed by atoms with Crippen molar-refractivity contribution in [1.82, 2.24) is 15.0 Å². The highest BCUT2D eigenvalue weighted by Gasteiger charge is 2.36. The molecule has 16 heavy (non-hydrogen) atoms. The highest BCUT2D eigenvalue weighted by Crippen LogP contribution is 2.31. The number of likely N-dealkylation sites (tertiary alicyclic amines) is 1. The van der Waals surface area contributed by atoms with Crippen molar-refractivity contribution in [3.05, 3.63) is 12.2 Å². The molecule has 1 fully saturated rings. The first-order valence-electron chi connectivity index (χ1n) is 5.31. The highest BCUT2D eigenvalue weighted by molar-refractivity contribution is 5.74. The zero-order chi connectivity index (χ0) is 11.6. The van der Waals surface area contributed by atoms with Gasteiger partial charge >= 0.3 is 5.97 Å². The number of hydrogen-bond acceptors (Lipinski definition) is 5. The minimum atomic E-state index is -0.702. The van der Waals surface area contributed by atoms with E-state index in [1.807, 2.05) is 0 Å². The molecular formula is C10H15N3O3. The predicted octanol–water partition coefficient (Wildman–Crippen LogP) is 0.756. The van der Waals surface area contributed by atoms with E-state index >= 15 is 0 Å². The molecule has 0 aromatic carbocycles. The topological polar surface area (TPSA) is 79.5 Å². The molecule has 0 amide bonds.